The molecule has 2 unspecified atom stereocenters. The van der Waals surface area contributed by atoms with Crippen LogP contribution >= 0.6 is 0 Å². The zero-order valence-electron chi connectivity index (χ0n) is 11.3. The molecule has 0 aromatic rings. The van der Waals surface area contributed by atoms with Crippen LogP contribution in [0.3, 0.4) is 0 Å². The number of nitrogens with one attached hydrogen (secondary N) is 1. The molecular formula is C15H28N2. The molecule has 1 heterocycles. The van der Waals surface area contributed by atoms with E-state index in [9.17, 15) is 0 Å². The fraction of sp³-hybridized carbons (Fsp3) is 0.867. The normalized spacial score (nSPS) is 28.2. The van der Waals surface area contributed by atoms with Crippen LogP contribution in [0, 0.1) is 5.92 Å². The van der Waals surface area contributed by atoms with Gasteiger partial charge in [0.1, 0.15) is 0 Å². The van der Waals surface area contributed by atoms with Gasteiger partial charge in [-0.1, -0.05) is 18.6 Å². The molecule has 1 saturated heterocycles. The van der Waals surface area contributed by atoms with Crippen molar-refractivity contribution in [1.29, 1.82) is 0 Å². The molecule has 0 bridgehead atoms. The van der Waals surface area contributed by atoms with Crippen molar-refractivity contribution in [3.8, 4) is 0 Å². The van der Waals surface area contributed by atoms with Gasteiger partial charge in [-0.25, -0.2) is 0 Å². The quantitative estimate of drug-likeness (QED) is 0.738. The molecule has 98 valence electrons. The van der Waals surface area contributed by atoms with Crippen LogP contribution in [0.15, 0.2) is 12.2 Å². The van der Waals surface area contributed by atoms with Crippen molar-refractivity contribution in [3.63, 3.8) is 0 Å². The van der Waals surface area contributed by atoms with E-state index < -0.39 is 0 Å². The van der Waals surface area contributed by atoms with Gasteiger partial charge in [0.15, 0.2) is 0 Å². The minimum atomic E-state index is 0.652. The van der Waals surface area contributed by atoms with Gasteiger partial charge in [-0.2, -0.15) is 0 Å². The van der Waals surface area contributed by atoms with E-state index >= 15 is 0 Å². The SMILES string of the molecule is CC(CN1CCCCC1)NCC1CC=CCC1. The molecule has 0 aromatic heterocycles. The molecular weight excluding hydrogens is 208 g/mol. The van der Waals surface area contributed by atoms with Gasteiger partial charge in [0.2, 0.25) is 0 Å². The van der Waals surface area contributed by atoms with Crippen LogP contribution in [0.25, 0.3) is 0 Å². The number of likely N-dealkylation sites (tertiary alicyclic amines) is 1. The van der Waals surface area contributed by atoms with E-state index in [0.29, 0.717) is 6.04 Å². The van der Waals surface area contributed by atoms with E-state index in [1.807, 2.05) is 0 Å². The first kappa shape index (κ1) is 13.1. The Labute approximate surface area is 106 Å². The molecule has 0 saturated carbocycles. The molecule has 2 aliphatic rings. The lowest BCUT2D eigenvalue weighted by Crippen LogP contribution is -2.42. The first-order valence-electron chi connectivity index (χ1n) is 7.45. The van der Waals surface area contributed by atoms with Gasteiger partial charge >= 0.3 is 0 Å². The molecule has 0 aromatic carbocycles. The molecule has 0 amide bonds. The summed E-state index contributed by atoms with van der Waals surface area (Å²) in [5, 5.41) is 3.72. The van der Waals surface area contributed by atoms with Crippen LogP contribution in [0.5, 0.6) is 0 Å². The highest BCUT2D eigenvalue weighted by atomic mass is 15.1. The van der Waals surface area contributed by atoms with Gasteiger partial charge < -0.3 is 10.2 Å². The number of rotatable bonds is 5. The highest BCUT2D eigenvalue weighted by Crippen LogP contribution is 2.17. The zero-order chi connectivity index (χ0) is 11.9. The molecule has 17 heavy (non-hydrogen) atoms. The summed E-state index contributed by atoms with van der Waals surface area (Å²) in [6, 6.07) is 0.652. The van der Waals surface area contributed by atoms with Crippen molar-refractivity contribution >= 4 is 0 Å². The number of piperidine rings is 1. The third-order valence-electron chi connectivity index (χ3n) is 4.11. The standard InChI is InChI=1S/C15H28N2/c1-14(13-17-10-6-3-7-11-17)16-12-15-8-4-2-5-9-15/h2,4,14-16H,3,5-13H2,1H3. The zero-order valence-corrected chi connectivity index (χ0v) is 11.3. The number of allylic oxidation sites excluding steroid dienone is 2. The minimum Gasteiger partial charge on any atom is -0.313 e. The summed E-state index contributed by atoms with van der Waals surface area (Å²) in [5.74, 6) is 0.879. The Morgan fingerprint density at radius 2 is 2.06 bits per heavy atom. The first-order chi connectivity index (χ1) is 8.34. The minimum absolute atomic E-state index is 0.652. The summed E-state index contributed by atoms with van der Waals surface area (Å²) < 4.78 is 0. The summed E-state index contributed by atoms with van der Waals surface area (Å²) in [5.41, 5.74) is 0. The molecule has 2 rings (SSSR count). The highest BCUT2D eigenvalue weighted by Gasteiger charge is 2.15. The third kappa shape index (κ3) is 4.81. The summed E-state index contributed by atoms with van der Waals surface area (Å²) in [6.07, 6.45) is 12.9. The lowest BCUT2D eigenvalue weighted by Gasteiger charge is -2.30. The van der Waals surface area contributed by atoms with Crippen molar-refractivity contribution in [1.82, 2.24) is 10.2 Å². The number of hydrogen-bond donors (Lipinski definition) is 1. The Morgan fingerprint density at radius 1 is 1.24 bits per heavy atom. The van der Waals surface area contributed by atoms with E-state index in [-0.39, 0.29) is 0 Å². The molecule has 2 nitrogen and oxygen atoms in total. The first-order valence-corrected chi connectivity index (χ1v) is 7.45. The lowest BCUT2D eigenvalue weighted by atomic mass is 9.94. The van der Waals surface area contributed by atoms with E-state index in [1.54, 1.807) is 0 Å². The molecule has 1 fully saturated rings. The Kier molecular flexibility index (Phi) is 5.53. The van der Waals surface area contributed by atoms with E-state index in [4.69, 9.17) is 0 Å². The summed E-state index contributed by atoms with van der Waals surface area (Å²) in [7, 11) is 0. The average molecular weight is 236 g/mol. The van der Waals surface area contributed by atoms with Crippen LogP contribution in [0.4, 0.5) is 0 Å². The number of nitrogens with zero attached hydrogens (tertiary/aromatic N) is 1. The van der Waals surface area contributed by atoms with Crippen molar-refractivity contribution in [2.75, 3.05) is 26.2 Å². The van der Waals surface area contributed by atoms with Gasteiger partial charge in [-0.3, -0.25) is 0 Å². The van der Waals surface area contributed by atoms with Crippen LogP contribution in [-0.2, 0) is 0 Å². The van der Waals surface area contributed by atoms with Gasteiger partial charge in [0, 0.05) is 12.6 Å². The maximum atomic E-state index is 3.72. The maximum absolute atomic E-state index is 3.72. The van der Waals surface area contributed by atoms with Crippen LogP contribution < -0.4 is 5.32 Å². The summed E-state index contributed by atoms with van der Waals surface area (Å²) in [4.78, 5) is 2.63. The van der Waals surface area contributed by atoms with Crippen LogP contribution in [0.1, 0.15) is 45.4 Å². The molecule has 0 spiro atoms. The summed E-state index contributed by atoms with van der Waals surface area (Å²) >= 11 is 0. The molecule has 0 radical (unpaired) electrons. The van der Waals surface area contributed by atoms with Crippen molar-refractivity contribution in [3.05, 3.63) is 12.2 Å². The molecule has 1 N–H and O–H groups in total. The Hall–Kier alpha value is -0.340. The Bertz CT molecular complexity index is 231. The molecule has 2 heteroatoms. The van der Waals surface area contributed by atoms with Gasteiger partial charge in [0.25, 0.3) is 0 Å². The Balaban J connectivity index is 1.59. The van der Waals surface area contributed by atoms with Crippen molar-refractivity contribution < 1.29 is 0 Å². The predicted molar refractivity (Wildman–Crippen MR) is 74.2 cm³/mol. The Morgan fingerprint density at radius 3 is 2.76 bits per heavy atom. The maximum Gasteiger partial charge on any atom is 0.0166 e. The van der Waals surface area contributed by atoms with Crippen LogP contribution in [-0.4, -0.2) is 37.1 Å². The fourth-order valence-corrected chi connectivity index (χ4v) is 3.00. The topological polar surface area (TPSA) is 15.3 Å². The van der Waals surface area contributed by atoms with Gasteiger partial charge in [0.05, 0.1) is 0 Å². The van der Waals surface area contributed by atoms with E-state index in [2.05, 4.69) is 29.3 Å². The summed E-state index contributed by atoms with van der Waals surface area (Å²) in [6.45, 7) is 7.42. The van der Waals surface area contributed by atoms with Crippen molar-refractivity contribution in [2.45, 2.75) is 51.5 Å². The van der Waals surface area contributed by atoms with Crippen molar-refractivity contribution in [2.24, 2.45) is 5.92 Å². The smallest absolute Gasteiger partial charge is 0.0166 e. The second-order valence-electron chi connectivity index (χ2n) is 5.82. The van der Waals surface area contributed by atoms with Gasteiger partial charge in [-0.05, 0) is 64.6 Å². The van der Waals surface area contributed by atoms with E-state index in [0.717, 1.165) is 5.92 Å². The molecule has 2 atom stereocenters. The number of hydrogen-bond acceptors (Lipinski definition) is 2. The monoisotopic (exact) mass is 236 g/mol. The highest BCUT2D eigenvalue weighted by molar-refractivity contribution is 4.90. The fourth-order valence-electron chi connectivity index (χ4n) is 3.00. The second kappa shape index (κ2) is 7.17. The third-order valence-corrected chi connectivity index (χ3v) is 4.11. The molecule has 1 aliphatic carbocycles. The average Bonchev–Trinajstić information content (AvgIpc) is 2.39. The second-order valence-corrected chi connectivity index (χ2v) is 5.82. The predicted octanol–water partition coefficient (Wildman–Crippen LogP) is 2.81. The van der Waals surface area contributed by atoms with Crippen LogP contribution in [0.2, 0.25) is 0 Å². The van der Waals surface area contributed by atoms with Gasteiger partial charge in [-0.15, -0.1) is 0 Å². The lowest BCUT2D eigenvalue weighted by molar-refractivity contribution is 0.206. The van der Waals surface area contributed by atoms with E-state index in [1.165, 1.54) is 64.7 Å². The largest absolute Gasteiger partial charge is 0.313 e. The molecule has 1 aliphatic heterocycles.